The van der Waals surface area contributed by atoms with Crippen molar-refractivity contribution < 1.29 is 0 Å². The van der Waals surface area contributed by atoms with Crippen molar-refractivity contribution in [1.29, 1.82) is 0 Å². The van der Waals surface area contributed by atoms with Gasteiger partial charge in [0, 0.05) is 0 Å². The number of hydrogen-bond donors (Lipinski definition) is 0. The van der Waals surface area contributed by atoms with Gasteiger partial charge in [-0.15, -0.1) is 21.8 Å². The predicted octanol–water partition coefficient (Wildman–Crippen LogP) is 1.95. The first-order chi connectivity index (χ1) is 8.38. The molecule has 1 aromatic carbocycles. The van der Waals surface area contributed by atoms with Gasteiger partial charge in [0.15, 0.2) is 5.82 Å². The molecule has 17 heavy (non-hydrogen) atoms. The number of alkyl halides is 1. The molecular formula is C11H8ClN5. The Bertz CT molecular complexity index is 646. The molecule has 0 aliphatic heterocycles. The molecule has 0 saturated heterocycles. The molecule has 3 rings (SSSR count). The minimum Gasteiger partial charge on any atom is -0.193 e. The highest BCUT2D eigenvalue weighted by atomic mass is 35.5. The van der Waals surface area contributed by atoms with Crippen molar-refractivity contribution in [2.24, 2.45) is 0 Å². The van der Waals surface area contributed by atoms with Crippen LogP contribution in [0.25, 0.3) is 16.9 Å². The third-order valence-corrected chi connectivity index (χ3v) is 2.69. The third kappa shape index (κ3) is 1.74. The second kappa shape index (κ2) is 4.10. The quantitative estimate of drug-likeness (QED) is 0.648. The van der Waals surface area contributed by atoms with Gasteiger partial charge in [-0.05, 0) is 24.3 Å². The van der Waals surface area contributed by atoms with Gasteiger partial charge < -0.3 is 0 Å². The molecule has 0 unspecified atom stereocenters. The fraction of sp³-hybridized carbons (Fsp3) is 0.0909. The Kier molecular flexibility index (Phi) is 2.45. The molecule has 0 atom stereocenters. The lowest BCUT2D eigenvalue weighted by molar-refractivity contribution is 0.774. The van der Waals surface area contributed by atoms with E-state index in [0.29, 0.717) is 11.7 Å². The lowest BCUT2D eigenvalue weighted by atomic mass is 10.3. The van der Waals surface area contributed by atoms with E-state index in [1.54, 1.807) is 4.68 Å². The maximum Gasteiger partial charge on any atom is 0.178 e. The first-order valence-corrected chi connectivity index (χ1v) is 5.61. The molecule has 0 aliphatic carbocycles. The lowest BCUT2D eigenvalue weighted by Gasteiger charge is -2.00. The SMILES string of the molecule is ClCc1ccc(-n2nnc3ccccc32)nn1. The molecule has 2 heterocycles. The maximum atomic E-state index is 5.66. The van der Waals surface area contributed by atoms with Crippen molar-refractivity contribution in [2.45, 2.75) is 5.88 Å². The molecule has 6 heteroatoms. The molecule has 0 bridgehead atoms. The number of aromatic nitrogens is 5. The molecule has 0 aliphatic rings. The second-order valence-electron chi connectivity index (χ2n) is 3.51. The molecule has 0 N–H and O–H groups in total. The van der Waals surface area contributed by atoms with E-state index >= 15 is 0 Å². The minimum absolute atomic E-state index is 0.353. The summed E-state index contributed by atoms with van der Waals surface area (Å²) < 4.78 is 1.65. The van der Waals surface area contributed by atoms with Crippen molar-refractivity contribution in [2.75, 3.05) is 0 Å². The van der Waals surface area contributed by atoms with Crippen LogP contribution in [-0.2, 0) is 5.88 Å². The van der Waals surface area contributed by atoms with E-state index in [2.05, 4.69) is 20.5 Å². The van der Waals surface area contributed by atoms with Gasteiger partial charge in [0.1, 0.15) is 5.52 Å². The average molecular weight is 246 g/mol. The van der Waals surface area contributed by atoms with Crippen LogP contribution in [0.15, 0.2) is 36.4 Å². The smallest absolute Gasteiger partial charge is 0.178 e. The normalized spacial score (nSPS) is 10.9. The summed E-state index contributed by atoms with van der Waals surface area (Å²) in [6.45, 7) is 0. The van der Waals surface area contributed by atoms with Crippen LogP contribution in [0.5, 0.6) is 0 Å². The fourth-order valence-corrected chi connectivity index (χ4v) is 1.72. The number of rotatable bonds is 2. The maximum absolute atomic E-state index is 5.66. The Labute approximate surface area is 102 Å². The second-order valence-corrected chi connectivity index (χ2v) is 3.77. The molecule has 0 amide bonds. The molecule has 3 aromatic rings. The highest BCUT2D eigenvalue weighted by molar-refractivity contribution is 6.16. The van der Waals surface area contributed by atoms with E-state index in [4.69, 9.17) is 11.6 Å². The number of fused-ring (bicyclic) bond motifs is 1. The summed E-state index contributed by atoms with van der Waals surface area (Å²) in [4.78, 5) is 0. The summed E-state index contributed by atoms with van der Waals surface area (Å²) in [6, 6.07) is 11.3. The van der Waals surface area contributed by atoms with Crippen molar-refractivity contribution in [3.8, 4) is 5.82 Å². The molecular weight excluding hydrogens is 238 g/mol. The van der Waals surface area contributed by atoms with E-state index in [9.17, 15) is 0 Å². The lowest BCUT2D eigenvalue weighted by Crippen LogP contribution is -2.02. The van der Waals surface area contributed by atoms with Gasteiger partial charge in [-0.25, -0.2) is 0 Å². The van der Waals surface area contributed by atoms with Gasteiger partial charge in [-0.1, -0.05) is 17.3 Å². The predicted molar refractivity (Wildman–Crippen MR) is 64.0 cm³/mol. The Morgan fingerprint density at radius 2 is 1.88 bits per heavy atom. The largest absolute Gasteiger partial charge is 0.193 e. The number of benzene rings is 1. The summed E-state index contributed by atoms with van der Waals surface area (Å²) >= 11 is 5.66. The standard InChI is InChI=1S/C11H8ClN5/c12-7-8-5-6-11(15-13-8)17-10-4-2-1-3-9(10)14-16-17/h1-6H,7H2. The van der Waals surface area contributed by atoms with E-state index in [0.717, 1.165) is 16.7 Å². The van der Waals surface area contributed by atoms with Gasteiger partial charge >= 0.3 is 0 Å². The molecule has 0 fully saturated rings. The highest BCUT2D eigenvalue weighted by Crippen LogP contribution is 2.13. The average Bonchev–Trinajstić information content (AvgIpc) is 2.83. The van der Waals surface area contributed by atoms with Gasteiger partial charge in [-0.2, -0.15) is 9.78 Å². The Hall–Kier alpha value is -2.01. The van der Waals surface area contributed by atoms with Gasteiger partial charge in [-0.3, -0.25) is 0 Å². The van der Waals surface area contributed by atoms with Gasteiger partial charge in [0.25, 0.3) is 0 Å². The van der Waals surface area contributed by atoms with E-state index in [1.165, 1.54) is 0 Å². The van der Waals surface area contributed by atoms with Crippen LogP contribution >= 0.6 is 11.6 Å². The summed E-state index contributed by atoms with van der Waals surface area (Å²) in [7, 11) is 0. The molecule has 2 aromatic heterocycles. The zero-order valence-corrected chi connectivity index (χ0v) is 9.54. The van der Waals surface area contributed by atoms with Crippen LogP contribution in [0.1, 0.15) is 5.69 Å². The van der Waals surface area contributed by atoms with Crippen molar-refractivity contribution in [1.82, 2.24) is 25.2 Å². The van der Waals surface area contributed by atoms with E-state index in [-0.39, 0.29) is 0 Å². The van der Waals surface area contributed by atoms with Crippen LogP contribution in [0.3, 0.4) is 0 Å². The van der Waals surface area contributed by atoms with Gasteiger partial charge in [0.05, 0.1) is 17.1 Å². The molecule has 0 saturated carbocycles. The summed E-state index contributed by atoms with van der Waals surface area (Å²) in [6.07, 6.45) is 0. The van der Waals surface area contributed by atoms with Crippen molar-refractivity contribution in [3.05, 3.63) is 42.1 Å². The van der Waals surface area contributed by atoms with Crippen LogP contribution in [0.4, 0.5) is 0 Å². The zero-order chi connectivity index (χ0) is 11.7. The van der Waals surface area contributed by atoms with Crippen LogP contribution in [-0.4, -0.2) is 25.2 Å². The first kappa shape index (κ1) is 10.2. The molecule has 5 nitrogen and oxygen atoms in total. The highest BCUT2D eigenvalue weighted by Gasteiger charge is 2.06. The van der Waals surface area contributed by atoms with Crippen molar-refractivity contribution >= 4 is 22.6 Å². The third-order valence-electron chi connectivity index (χ3n) is 2.41. The number of hydrogen-bond acceptors (Lipinski definition) is 4. The number of nitrogens with zero attached hydrogens (tertiary/aromatic N) is 5. The van der Waals surface area contributed by atoms with Gasteiger partial charge in [0.2, 0.25) is 0 Å². The molecule has 0 spiro atoms. The summed E-state index contributed by atoms with van der Waals surface area (Å²) in [5, 5.41) is 16.2. The topological polar surface area (TPSA) is 56.5 Å². The molecule has 84 valence electrons. The van der Waals surface area contributed by atoms with E-state index < -0.39 is 0 Å². The number of halogens is 1. The van der Waals surface area contributed by atoms with Crippen LogP contribution < -0.4 is 0 Å². The number of para-hydroxylation sites is 1. The minimum atomic E-state index is 0.353. The zero-order valence-electron chi connectivity index (χ0n) is 8.79. The Morgan fingerprint density at radius 3 is 2.65 bits per heavy atom. The molecule has 0 radical (unpaired) electrons. The summed E-state index contributed by atoms with van der Waals surface area (Å²) in [5.41, 5.74) is 2.47. The van der Waals surface area contributed by atoms with Crippen LogP contribution in [0, 0.1) is 0 Å². The monoisotopic (exact) mass is 245 g/mol. The van der Waals surface area contributed by atoms with Crippen LogP contribution in [0.2, 0.25) is 0 Å². The Morgan fingerprint density at radius 1 is 1.00 bits per heavy atom. The fourth-order valence-electron chi connectivity index (χ4n) is 1.58. The summed E-state index contributed by atoms with van der Waals surface area (Å²) in [5.74, 6) is 0.985. The van der Waals surface area contributed by atoms with E-state index in [1.807, 2.05) is 36.4 Å². The Balaban J connectivity index is 2.13. The van der Waals surface area contributed by atoms with Crippen molar-refractivity contribution in [3.63, 3.8) is 0 Å². The first-order valence-electron chi connectivity index (χ1n) is 5.08.